The number of carbonyl (C=O) groups is 1. The van der Waals surface area contributed by atoms with Gasteiger partial charge in [0.05, 0.1) is 18.0 Å². The third kappa shape index (κ3) is 4.62. The molecule has 166 valence electrons. The standard InChI is InChI=1S/C25H26N2O4S/c1-18(2)20-12-6-7-13-21(20)26-25(28)24-16-27(22-14-8-9-15-23(22)31-24)32(29,30)17-19-10-4-3-5-11-19/h3-15,18,24H,16-17H2,1-2H3,(H,26,28)/t24-/m1/s1. The molecule has 0 unspecified atom stereocenters. The number of hydrogen-bond acceptors (Lipinski definition) is 4. The van der Waals surface area contributed by atoms with Gasteiger partial charge in [0.1, 0.15) is 5.75 Å². The number of hydrogen-bond donors (Lipinski definition) is 1. The molecule has 1 aliphatic rings. The van der Waals surface area contributed by atoms with Crippen LogP contribution in [0.2, 0.25) is 0 Å². The first-order valence-corrected chi connectivity index (χ1v) is 12.2. The van der Waals surface area contributed by atoms with E-state index >= 15 is 0 Å². The molecule has 0 aliphatic carbocycles. The van der Waals surface area contributed by atoms with Gasteiger partial charge in [0.25, 0.3) is 5.91 Å². The van der Waals surface area contributed by atoms with Gasteiger partial charge >= 0.3 is 0 Å². The molecule has 0 spiro atoms. The summed E-state index contributed by atoms with van der Waals surface area (Å²) in [6.07, 6.45) is -0.976. The smallest absolute Gasteiger partial charge is 0.267 e. The molecule has 0 bridgehead atoms. The van der Waals surface area contributed by atoms with Crippen LogP contribution in [0.3, 0.4) is 0 Å². The molecule has 6 nitrogen and oxygen atoms in total. The van der Waals surface area contributed by atoms with Crippen LogP contribution in [-0.4, -0.2) is 27.0 Å². The fraction of sp³-hybridized carbons (Fsp3) is 0.240. The Hall–Kier alpha value is -3.32. The third-order valence-corrected chi connectivity index (χ3v) is 7.11. The van der Waals surface area contributed by atoms with Gasteiger partial charge in [0.2, 0.25) is 10.0 Å². The van der Waals surface area contributed by atoms with E-state index in [-0.39, 0.29) is 24.1 Å². The number of nitrogens with zero attached hydrogens (tertiary/aromatic N) is 1. The lowest BCUT2D eigenvalue weighted by Gasteiger charge is -2.35. The highest BCUT2D eigenvalue weighted by molar-refractivity contribution is 7.92. The maximum absolute atomic E-state index is 13.3. The van der Waals surface area contributed by atoms with Crippen molar-refractivity contribution in [2.24, 2.45) is 0 Å². The molecular weight excluding hydrogens is 424 g/mol. The second-order valence-corrected chi connectivity index (χ2v) is 9.97. The van der Waals surface area contributed by atoms with E-state index in [1.54, 1.807) is 48.5 Å². The molecule has 0 fully saturated rings. The molecule has 1 N–H and O–H groups in total. The number of para-hydroxylation sites is 3. The second kappa shape index (κ2) is 9.04. The number of rotatable bonds is 6. The molecule has 3 aromatic rings. The molecule has 7 heteroatoms. The van der Waals surface area contributed by atoms with Crippen LogP contribution in [0.4, 0.5) is 11.4 Å². The van der Waals surface area contributed by atoms with E-state index in [1.165, 1.54) is 4.31 Å². The minimum Gasteiger partial charge on any atom is -0.476 e. The second-order valence-electron chi connectivity index (χ2n) is 8.08. The third-order valence-electron chi connectivity index (χ3n) is 5.40. The maximum Gasteiger partial charge on any atom is 0.267 e. The van der Waals surface area contributed by atoms with E-state index in [1.807, 2.05) is 30.3 Å². The number of anilines is 2. The molecule has 1 heterocycles. The number of fused-ring (bicyclic) bond motifs is 1. The Bertz CT molecular complexity index is 1210. The molecule has 3 aromatic carbocycles. The summed E-state index contributed by atoms with van der Waals surface area (Å²) in [6.45, 7) is 4.01. The molecule has 0 saturated carbocycles. The Morgan fingerprint density at radius 3 is 2.41 bits per heavy atom. The van der Waals surface area contributed by atoms with Crippen molar-refractivity contribution >= 4 is 27.3 Å². The monoisotopic (exact) mass is 450 g/mol. The van der Waals surface area contributed by atoms with Gasteiger partial charge < -0.3 is 10.1 Å². The number of amides is 1. The van der Waals surface area contributed by atoms with E-state index in [2.05, 4.69) is 19.2 Å². The van der Waals surface area contributed by atoms with Gasteiger partial charge in [-0.2, -0.15) is 0 Å². The molecule has 0 aromatic heterocycles. The Morgan fingerprint density at radius 1 is 1.00 bits per heavy atom. The average molecular weight is 451 g/mol. The summed E-state index contributed by atoms with van der Waals surface area (Å²) < 4.78 is 33.9. The number of carbonyl (C=O) groups excluding carboxylic acids is 1. The fourth-order valence-electron chi connectivity index (χ4n) is 3.79. The van der Waals surface area contributed by atoms with Crippen molar-refractivity contribution in [3.8, 4) is 5.75 Å². The number of sulfonamides is 1. The topological polar surface area (TPSA) is 75.7 Å². The molecule has 1 amide bonds. The van der Waals surface area contributed by atoms with E-state index in [0.29, 0.717) is 22.7 Å². The molecule has 0 saturated heterocycles. The van der Waals surface area contributed by atoms with Crippen LogP contribution in [0.15, 0.2) is 78.9 Å². The van der Waals surface area contributed by atoms with E-state index in [9.17, 15) is 13.2 Å². The van der Waals surface area contributed by atoms with Crippen molar-refractivity contribution in [2.45, 2.75) is 31.6 Å². The summed E-state index contributed by atoms with van der Waals surface area (Å²) in [4.78, 5) is 13.1. The van der Waals surface area contributed by atoms with Crippen LogP contribution in [0.5, 0.6) is 5.75 Å². The summed E-state index contributed by atoms with van der Waals surface area (Å²) in [5, 5.41) is 2.93. The van der Waals surface area contributed by atoms with E-state index in [4.69, 9.17) is 4.74 Å². The van der Waals surface area contributed by atoms with Crippen molar-refractivity contribution in [3.05, 3.63) is 90.0 Å². The normalized spacial score (nSPS) is 15.7. The fourth-order valence-corrected chi connectivity index (χ4v) is 5.38. The SMILES string of the molecule is CC(C)c1ccccc1NC(=O)[C@H]1CN(S(=O)(=O)Cc2ccccc2)c2ccccc2O1. The van der Waals surface area contributed by atoms with Gasteiger partial charge in [-0.1, -0.05) is 74.5 Å². The van der Waals surface area contributed by atoms with Gasteiger partial charge in [-0.15, -0.1) is 0 Å². The summed E-state index contributed by atoms with van der Waals surface area (Å²) in [6, 6.07) is 23.5. The van der Waals surface area contributed by atoms with Gasteiger partial charge in [0.15, 0.2) is 6.10 Å². The first-order chi connectivity index (χ1) is 15.3. The average Bonchev–Trinajstić information content (AvgIpc) is 2.79. The Balaban J connectivity index is 1.62. The maximum atomic E-state index is 13.3. The lowest BCUT2D eigenvalue weighted by atomic mass is 10.0. The van der Waals surface area contributed by atoms with Crippen LogP contribution in [0.25, 0.3) is 0 Å². The minimum absolute atomic E-state index is 0.0954. The van der Waals surface area contributed by atoms with E-state index in [0.717, 1.165) is 5.56 Å². The molecule has 1 aliphatic heterocycles. The van der Waals surface area contributed by atoms with Crippen molar-refractivity contribution in [1.82, 2.24) is 0 Å². The Labute approximate surface area is 188 Å². The molecular formula is C25H26N2O4S. The highest BCUT2D eigenvalue weighted by Gasteiger charge is 2.36. The predicted molar refractivity (Wildman–Crippen MR) is 126 cm³/mol. The Kier molecular flexibility index (Phi) is 6.19. The van der Waals surface area contributed by atoms with E-state index < -0.39 is 16.1 Å². The first kappa shape index (κ1) is 21.9. The summed E-state index contributed by atoms with van der Waals surface area (Å²) >= 11 is 0. The van der Waals surface area contributed by atoms with Gasteiger partial charge in [-0.25, -0.2) is 8.42 Å². The summed E-state index contributed by atoms with van der Waals surface area (Å²) in [5.41, 5.74) is 2.83. The highest BCUT2D eigenvalue weighted by atomic mass is 32.2. The van der Waals surface area contributed by atoms with Gasteiger partial charge in [-0.3, -0.25) is 9.10 Å². The zero-order valence-electron chi connectivity index (χ0n) is 18.1. The van der Waals surface area contributed by atoms with Crippen molar-refractivity contribution in [2.75, 3.05) is 16.2 Å². The summed E-state index contributed by atoms with van der Waals surface area (Å²) in [5.74, 6) is 0.0506. The number of ether oxygens (including phenoxy) is 1. The minimum atomic E-state index is -3.74. The van der Waals surface area contributed by atoms with Gasteiger partial charge in [-0.05, 0) is 35.2 Å². The van der Waals surface area contributed by atoms with Crippen LogP contribution >= 0.6 is 0 Å². The van der Waals surface area contributed by atoms with Crippen molar-refractivity contribution < 1.29 is 17.9 Å². The molecule has 1 atom stereocenters. The molecule has 32 heavy (non-hydrogen) atoms. The van der Waals surface area contributed by atoms with Crippen molar-refractivity contribution in [3.63, 3.8) is 0 Å². The van der Waals surface area contributed by atoms with Crippen LogP contribution < -0.4 is 14.4 Å². The lowest BCUT2D eigenvalue weighted by molar-refractivity contribution is -0.122. The first-order valence-electron chi connectivity index (χ1n) is 10.5. The quantitative estimate of drug-likeness (QED) is 0.598. The van der Waals surface area contributed by atoms with Gasteiger partial charge in [0, 0.05) is 5.69 Å². The van der Waals surface area contributed by atoms with Crippen molar-refractivity contribution in [1.29, 1.82) is 0 Å². The van der Waals surface area contributed by atoms with Crippen LogP contribution in [-0.2, 0) is 20.6 Å². The van der Waals surface area contributed by atoms with Crippen LogP contribution in [0.1, 0.15) is 30.9 Å². The van der Waals surface area contributed by atoms with Crippen LogP contribution in [0, 0.1) is 0 Å². The largest absolute Gasteiger partial charge is 0.476 e. The molecule has 0 radical (unpaired) electrons. The summed E-state index contributed by atoms with van der Waals surface area (Å²) in [7, 11) is -3.74. The molecule has 4 rings (SSSR count). The lowest BCUT2D eigenvalue weighted by Crippen LogP contribution is -2.49. The zero-order valence-corrected chi connectivity index (χ0v) is 18.9. The Morgan fingerprint density at radius 2 is 1.66 bits per heavy atom. The highest BCUT2D eigenvalue weighted by Crippen LogP contribution is 2.36. The predicted octanol–water partition coefficient (Wildman–Crippen LogP) is 4.55. The zero-order chi connectivity index (χ0) is 22.7. The number of benzene rings is 3. The number of nitrogens with one attached hydrogen (secondary N) is 1.